The van der Waals surface area contributed by atoms with Gasteiger partial charge in [0.2, 0.25) is 0 Å². The van der Waals surface area contributed by atoms with E-state index in [0.717, 1.165) is 12.0 Å². The van der Waals surface area contributed by atoms with Gasteiger partial charge in [-0.1, -0.05) is 57.6 Å². The van der Waals surface area contributed by atoms with Gasteiger partial charge in [0.05, 0.1) is 0 Å². The fourth-order valence-electron chi connectivity index (χ4n) is 2.67. The van der Waals surface area contributed by atoms with Gasteiger partial charge in [-0.3, -0.25) is 4.79 Å². The van der Waals surface area contributed by atoms with Gasteiger partial charge in [-0.05, 0) is 42.1 Å². The van der Waals surface area contributed by atoms with E-state index >= 15 is 0 Å². The molecule has 1 heterocycles. The number of unbranched alkanes of at least 4 members (excludes halogenated alkanes) is 6. The highest BCUT2D eigenvalue weighted by molar-refractivity contribution is 6.67. The monoisotopic (exact) mass is 344 g/mol. The predicted octanol–water partition coefficient (Wildman–Crippen LogP) is 5.82. The van der Waals surface area contributed by atoms with Crippen LogP contribution in [-0.4, -0.2) is 15.2 Å². The lowest BCUT2D eigenvalue weighted by Gasteiger charge is -2.04. The maximum Gasteiger partial charge on any atom is 0.252 e. The molecule has 1 aromatic heterocycles. The van der Waals surface area contributed by atoms with Gasteiger partial charge < -0.3 is 0 Å². The molecule has 0 aliphatic carbocycles. The fourth-order valence-corrected chi connectivity index (χ4v) is 2.80. The first-order valence-corrected chi connectivity index (χ1v) is 9.19. The predicted molar refractivity (Wildman–Crippen MR) is 99.3 cm³/mol. The van der Waals surface area contributed by atoms with E-state index in [4.69, 9.17) is 11.6 Å². The Kier molecular flexibility index (Phi) is 7.90. The van der Waals surface area contributed by atoms with Gasteiger partial charge in [0, 0.05) is 23.5 Å². The summed E-state index contributed by atoms with van der Waals surface area (Å²) in [5.41, 5.74) is 2.55. The van der Waals surface area contributed by atoms with Gasteiger partial charge in [0.1, 0.15) is 0 Å². The van der Waals surface area contributed by atoms with Crippen molar-refractivity contribution >= 4 is 16.8 Å². The van der Waals surface area contributed by atoms with Crippen molar-refractivity contribution in [2.24, 2.45) is 0 Å². The van der Waals surface area contributed by atoms with Gasteiger partial charge in [-0.25, -0.2) is 9.97 Å². The van der Waals surface area contributed by atoms with Crippen LogP contribution in [0.5, 0.6) is 0 Å². The maximum absolute atomic E-state index is 11.1. The Hall–Kier alpha value is -1.74. The second-order valence-electron chi connectivity index (χ2n) is 6.14. The quantitative estimate of drug-likeness (QED) is 0.403. The van der Waals surface area contributed by atoms with Crippen LogP contribution in [-0.2, 0) is 6.42 Å². The SMILES string of the molecule is CCCCCCCCCc1cnc(-c2ccc(C(=O)Cl)cc2)nc1. The molecule has 0 N–H and O–H groups in total. The van der Waals surface area contributed by atoms with Crippen LogP contribution in [0.1, 0.15) is 67.8 Å². The number of carbonyl (C=O) groups is 1. The molecule has 24 heavy (non-hydrogen) atoms. The summed E-state index contributed by atoms with van der Waals surface area (Å²) in [6.45, 7) is 2.25. The van der Waals surface area contributed by atoms with Crippen molar-refractivity contribution in [2.75, 3.05) is 0 Å². The first-order chi connectivity index (χ1) is 11.7. The molecule has 0 atom stereocenters. The lowest BCUT2D eigenvalue weighted by atomic mass is 10.1. The molecule has 0 bridgehead atoms. The van der Waals surface area contributed by atoms with Crippen molar-refractivity contribution in [3.05, 3.63) is 47.8 Å². The lowest BCUT2D eigenvalue weighted by molar-refractivity contribution is 0.108. The number of rotatable bonds is 10. The van der Waals surface area contributed by atoms with Crippen LogP contribution in [0, 0.1) is 0 Å². The van der Waals surface area contributed by atoms with E-state index in [-0.39, 0.29) is 0 Å². The van der Waals surface area contributed by atoms with E-state index in [9.17, 15) is 4.79 Å². The Morgan fingerprint density at radius 1 is 0.917 bits per heavy atom. The Balaban J connectivity index is 1.79. The molecule has 2 aromatic rings. The van der Waals surface area contributed by atoms with Crippen molar-refractivity contribution < 1.29 is 4.79 Å². The molecule has 128 valence electrons. The zero-order chi connectivity index (χ0) is 17.2. The molecular weight excluding hydrogens is 320 g/mol. The Bertz CT molecular complexity index is 623. The summed E-state index contributed by atoms with van der Waals surface area (Å²) in [5.74, 6) is 0.673. The number of carbonyl (C=O) groups excluding carboxylic acids is 1. The van der Waals surface area contributed by atoms with E-state index in [1.165, 1.54) is 50.5 Å². The van der Waals surface area contributed by atoms with Crippen LogP contribution in [0.2, 0.25) is 0 Å². The summed E-state index contributed by atoms with van der Waals surface area (Å²) in [6.07, 6.45) is 14.0. The highest BCUT2D eigenvalue weighted by Gasteiger charge is 2.05. The maximum atomic E-state index is 11.1. The molecule has 2 rings (SSSR count). The second-order valence-corrected chi connectivity index (χ2v) is 6.48. The number of halogens is 1. The van der Waals surface area contributed by atoms with E-state index in [2.05, 4.69) is 16.9 Å². The molecule has 0 radical (unpaired) electrons. The molecule has 0 saturated heterocycles. The zero-order valence-electron chi connectivity index (χ0n) is 14.3. The Labute approximate surface area is 149 Å². The molecule has 0 amide bonds. The van der Waals surface area contributed by atoms with Crippen molar-refractivity contribution in [3.8, 4) is 11.4 Å². The largest absolute Gasteiger partial charge is 0.276 e. The highest BCUT2D eigenvalue weighted by Crippen LogP contribution is 2.17. The van der Waals surface area contributed by atoms with Crippen LogP contribution >= 0.6 is 11.6 Å². The molecule has 0 spiro atoms. The van der Waals surface area contributed by atoms with Crippen molar-refractivity contribution in [1.82, 2.24) is 9.97 Å². The summed E-state index contributed by atoms with van der Waals surface area (Å²) < 4.78 is 0. The number of aromatic nitrogens is 2. The first-order valence-electron chi connectivity index (χ1n) is 8.82. The lowest BCUT2D eigenvalue weighted by Crippen LogP contribution is -1.94. The molecule has 0 aliphatic rings. The third kappa shape index (κ3) is 6.04. The molecule has 3 nitrogen and oxygen atoms in total. The molecular formula is C20H25ClN2O. The Morgan fingerprint density at radius 3 is 2.08 bits per heavy atom. The number of nitrogens with zero attached hydrogens (tertiary/aromatic N) is 2. The molecule has 4 heteroatoms. The normalized spacial score (nSPS) is 10.8. The molecule has 0 saturated carbocycles. The first kappa shape index (κ1) is 18.6. The smallest absolute Gasteiger partial charge is 0.252 e. The Morgan fingerprint density at radius 2 is 1.50 bits per heavy atom. The van der Waals surface area contributed by atoms with Crippen LogP contribution < -0.4 is 0 Å². The van der Waals surface area contributed by atoms with Crippen molar-refractivity contribution in [2.45, 2.75) is 58.3 Å². The van der Waals surface area contributed by atoms with Crippen LogP contribution in [0.4, 0.5) is 0 Å². The van der Waals surface area contributed by atoms with Crippen LogP contribution in [0.25, 0.3) is 11.4 Å². The van der Waals surface area contributed by atoms with Gasteiger partial charge in [0.25, 0.3) is 5.24 Å². The zero-order valence-corrected chi connectivity index (χ0v) is 15.1. The van der Waals surface area contributed by atoms with Crippen molar-refractivity contribution in [3.63, 3.8) is 0 Å². The van der Waals surface area contributed by atoms with Gasteiger partial charge in [-0.2, -0.15) is 0 Å². The number of benzene rings is 1. The van der Waals surface area contributed by atoms with Gasteiger partial charge in [-0.15, -0.1) is 0 Å². The van der Waals surface area contributed by atoms with Crippen LogP contribution in [0.15, 0.2) is 36.7 Å². The van der Waals surface area contributed by atoms with E-state index < -0.39 is 5.24 Å². The summed E-state index contributed by atoms with van der Waals surface area (Å²) in [5, 5.41) is -0.451. The van der Waals surface area contributed by atoms with Crippen molar-refractivity contribution in [1.29, 1.82) is 0 Å². The molecule has 0 fully saturated rings. The second kappa shape index (κ2) is 10.2. The number of hydrogen-bond donors (Lipinski definition) is 0. The number of hydrogen-bond acceptors (Lipinski definition) is 3. The standard InChI is InChI=1S/C20H25ClN2O/c1-2-3-4-5-6-7-8-9-16-14-22-20(23-15-16)18-12-10-17(11-13-18)19(21)24/h10-15H,2-9H2,1H3. The van der Waals surface area contributed by atoms with Gasteiger partial charge >= 0.3 is 0 Å². The third-order valence-electron chi connectivity index (χ3n) is 4.14. The topological polar surface area (TPSA) is 42.9 Å². The highest BCUT2D eigenvalue weighted by atomic mass is 35.5. The minimum atomic E-state index is -0.451. The van der Waals surface area contributed by atoms with Crippen LogP contribution in [0.3, 0.4) is 0 Å². The average molecular weight is 345 g/mol. The van der Waals surface area contributed by atoms with E-state index in [0.29, 0.717) is 11.4 Å². The third-order valence-corrected chi connectivity index (χ3v) is 4.36. The molecule has 0 unspecified atom stereocenters. The average Bonchev–Trinajstić information content (AvgIpc) is 2.61. The van der Waals surface area contributed by atoms with E-state index in [1.807, 2.05) is 24.5 Å². The minimum absolute atomic E-state index is 0.451. The van der Waals surface area contributed by atoms with E-state index in [1.54, 1.807) is 12.1 Å². The minimum Gasteiger partial charge on any atom is -0.276 e. The molecule has 0 aliphatic heterocycles. The fraction of sp³-hybridized carbons (Fsp3) is 0.450. The number of aryl methyl sites for hydroxylation is 1. The van der Waals surface area contributed by atoms with Gasteiger partial charge in [0.15, 0.2) is 5.82 Å². The summed E-state index contributed by atoms with van der Waals surface area (Å²) in [6, 6.07) is 7.03. The molecule has 1 aromatic carbocycles. The summed E-state index contributed by atoms with van der Waals surface area (Å²) in [7, 11) is 0. The summed E-state index contributed by atoms with van der Waals surface area (Å²) >= 11 is 5.45. The summed E-state index contributed by atoms with van der Waals surface area (Å²) in [4.78, 5) is 19.9.